The van der Waals surface area contributed by atoms with Crippen molar-refractivity contribution in [1.29, 1.82) is 0 Å². The number of carbonyl (C=O) groups excluding carboxylic acids is 1. The summed E-state index contributed by atoms with van der Waals surface area (Å²) in [4.78, 5) is 24.4. The minimum Gasteiger partial charge on any atom is -0.382 e. The number of ketones is 1. The molecule has 180 valence electrons. The van der Waals surface area contributed by atoms with Gasteiger partial charge >= 0.3 is 0 Å². The number of hydrogen-bond acceptors (Lipinski definition) is 5. The Morgan fingerprint density at radius 1 is 1.00 bits per heavy atom. The molecule has 1 aliphatic heterocycles. The highest BCUT2D eigenvalue weighted by Gasteiger charge is 2.14. The molecule has 1 saturated heterocycles. The molecule has 0 spiro atoms. The monoisotopic (exact) mass is 466 g/mol. The van der Waals surface area contributed by atoms with Gasteiger partial charge in [-0.15, -0.1) is 0 Å². The molecule has 0 bridgehead atoms. The van der Waals surface area contributed by atoms with Crippen LogP contribution in [0.3, 0.4) is 0 Å². The summed E-state index contributed by atoms with van der Waals surface area (Å²) >= 11 is 0. The molecule has 4 aromatic rings. The number of Topliss-reactive ketones (excluding diaryl/α,β-unsaturated/α-hetero) is 1. The first-order chi connectivity index (χ1) is 17.0. The molecule has 0 unspecified atom stereocenters. The van der Waals surface area contributed by atoms with Crippen LogP contribution in [0.1, 0.15) is 58.3 Å². The van der Waals surface area contributed by atoms with Crippen LogP contribution < -0.4 is 5.73 Å². The molecule has 5 nitrogen and oxygen atoms in total. The van der Waals surface area contributed by atoms with E-state index in [1.165, 1.54) is 42.6 Å². The molecule has 3 heterocycles. The second kappa shape index (κ2) is 10.1. The number of hydrogen-bond donors (Lipinski definition) is 1. The molecule has 0 amide bonds. The molecule has 0 saturated carbocycles. The van der Waals surface area contributed by atoms with Crippen molar-refractivity contribution in [2.24, 2.45) is 0 Å². The van der Waals surface area contributed by atoms with Gasteiger partial charge in [-0.05, 0) is 106 Å². The smallest absolute Gasteiger partial charge is 0.162 e. The number of aryl methyl sites for hydroxylation is 4. The molecular weight excluding hydrogens is 432 g/mol. The summed E-state index contributed by atoms with van der Waals surface area (Å²) in [6.45, 7) is 7.59. The van der Waals surface area contributed by atoms with Crippen LogP contribution in [0.25, 0.3) is 21.8 Å². The van der Waals surface area contributed by atoms with E-state index in [1.54, 1.807) is 0 Å². The number of pyridine rings is 2. The number of fused-ring (bicyclic) bond motifs is 3. The molecule has 5 heteroatoms. The SMILES string of the molecule is Cc1ccc2c(c1)nc(N)c1ncc(CCc3ccc(C(=O)CCCN4CCCC4)cc3C)cc12. The van der Waals surface area contributed by atoms with Gasteiger partial charge in [0.2, 0.25) is 0 Å². The zero-order valence-electron chi connectivity index (χ0n) is 20.8. The van der Waals surface area contributed by atoms with E-state index < -0.39 is 0 Å². The van der Waals surface area contributed by atoms with E-state index in [1.807, 2.05) is 12.3 Å². The second-order valence-electron chi connectivity index (χ2n) is 9.97. The average molecular weight is 467 g/mol. The van der Waals surface area contributed by atoms with Crippen molar-refractivity contribution < 1.29 is 4.79 Å². The lowest BCUT2D eigenvalue weighted by Crippen LogP contribution is -2.21. The highest BCUT2D eigenvalue weighted by molar-refractivity contribution is 6.08. The Kier molecular flexibility index (Phi) is 6.78. The maximum Gasteiger partial charge on any atom is 0.162 e. The van der Waals surface area contributed by atoms with Crippen LogP contribution >= 0.6 is 0 Å². The molecule has 5 rings (SSSR count). The number of nitrogens with two attached hydrogens (primary N) is 1. The van der Waals surface area contributed by atoms with Crippen molar-refractivity contribution in [2.75, 3.05) is 25.4 Å². The minimum atomic E-state index is 0.255. The highest BCUT2D eigenvalue weighted by Crippen LogP contribution is 2.28. The van der Waals surface area contributed by atoms with Crippen molar-refractivity contribution in [1.82, 2.24) is 14.9 Å². The number of benzene rings is 2. The Morgan fingerprint density at radius 3 is 2.63 bits per heavy atom. The van der Waals surface area contributed by atoms with Gasteiger partial charge in [-0.25, -0.2) is 4.98 Å². The predicted octanol–water partition coefficient (Wildman–Crippen LogP) is 5.83. The van der Waals surface area contributed by atoms with E-state index in [0.29, 0.717) is 12.2 Å². The number of anilines is 1. The number of rotatable bonds is 8. The third kappa shape index (κ3) is 5.20. The predicted molar refractivity (Wildman–Crippen MR) is 144 cm³/mol. The highest BCUT2D eigenvalue weighted by atomic mass is 16.1. The third-order valence-corrected chi connectivity index (χ3v) is 7.30. The number of aromatic nitrogens is 2. The lowest BCUT2D eigenvalue weighted by atomic mass is 9.96. The quantitative estimate of drug-likeness (QED) is 0.261. The summed E-state index contributed by atoms with van der Waals surface area (Å²) in [6, 6.07) is 14.7. The zero-order chi connectivity index (χ0) is 24.4. The van der Waals surface area contributed by atoms with Crippen LogP contribution in [0, 0.1) is 13.8 Å². The number of likely N-dealkylation sites (tertiary alicyclic amines) is 1. The van der Waals surface area contributed by atoms with E-state index in [-0.39, 0.29) is 5.78 Å². The van der Waals surface area contributed by atoms with Gasteiger partial charge < -0.3 is 10.6 Å². The second-order valence-corrected chi connectivity index (χ2v) is 9.97. The van der Waals surface area contributed by atoms with Crippen molar-refractivity contribution in [3.8, 4) is 0 Å². The molecule has 2 N–H and O–H groups in total. The minimum absolute atomic E-state index is 0.255. The standard InChI is InChI=1S/C30H34N4O/c1-20-7-12-25-26-18-22(19-32-29(26)30(31)33-27(25)16-20)8-9-23-10-11-24(17-21(23)2)28(35)6-5-15-34-13-3-4-14-34/h7,10-12,16-19H,3-6,8-9,13-15H2,1-2H3,(H2,31,33). The van der Waals surface area contributed by atoms with Gasteiger partial charge in [0, 0.05) is 29.0 Å². The fourth-order valence-corrected chi connectivity index (χ4v) is 5.24. The normalized spacial score (nSPS) is 14.2. The molecule has 2 aromatic heterocycles. The third-order valence-electron chi connectivity index (χ3n) is 7.30. The van der Waals surface area contributed by atoms with Gasteiger partial charge in [0.25, 0.3) is 0 Å². The Morgan fingerprint density at radius 2 is 1.83 bits per heavy atom. The maximum absolute atomic E-state index is 12.7. The van der Waals surface area contributed by atoms with Gasteiger partial charge in [-0.2, -0.15) is 0 Å². The summed E-state index contributed by atoms with van der Waals surface area (Å²) in [5.74, 6) is 0.729. The molecule has 0 aliphatic carbocycles. The van der Waals surface area contributed by atoms with E-state index in [2.05, 4.69) is 65.1 Å². The van der Waals surface area contributed by atoms with Crippen LogP contribution in [-0.4, -0.2) is 40.3 Å². The van der Waals surface area contributed by atoms with Gasteiger partial charge in [0.1, 0.15) is 5.52 Å². The summed E-state index contributed by atoms with van der Waals surface area (Å²) < 4.78 is 0. The van der Waals surface area contributed by atoms with E-state index in [4.69, 9.17) is 5.73 Å². The molecule has 35 heavy (non-hydrogen) atoms. The van der Waals surface area contributed by atoms with Gasteiger partial charge in [-0.3, -0.25) is 9.78 Å². The summed E-state index contributed by atoms with van der Waals surface area (Å²) in [6.07, 6.45) is 7.86. The van der Waals surface area contributed by atoms with Crippen LogP contribution in [0.5, 0.6) is 0 Å². The van der Waals surface area contributed by atoms with Gasteiger partial charge in [0.05, 0.1) is 5.52 Å². The number of nitrogen functional groups attached to an aromatic ring is 1. The molecule has 1 fully saturated rings. The number of carbonyl (C=O) groups is 1. The molecule has 0 radical (unpaired) electrons. The Bertz CT molecular complexity index is 1390. The van der Waals surface area contributed by atoms with Crippen molar-refractivity contribution >= 4 is 33.4 Å². The Balaban J connectivity index is 1.27. The topological polar surface area (TPSA) is 72.1 Å². The largest absolute Gasteiger partial charge is 0.382 e. The molecule has 2 aromatic carbocycles. The molecular formula is C30H34N4O. The first kappa shape index (κ1) is 23.4. The van der Waals surface area contributed by atoms with Crippen LogP contribution in [0.4, 0.5) is 5.82 Å². The lowest BCUT2D eigenvalue weighted by molar-refractivity contribution is 0.0976. The van der Waals surface area contributed by atoms with E-state index in [0.717, 1.165) is 58.7 Å². The van der Waals surface area contributed by atoms with Crippen LogP contribution in [-0.2, 0) is 12.8 Å². The molecule has 0 atom stereocenters. The maximum atomic E-state index is 12.7. The van der Waals surface area contributed by atoms with Crippen LogP contribution in [0.2, 0.25) is 0 Å². The van der Waals surface area contributed by atoms with Crippen LogP contribution in [0.15, 0.2) is 48.7 Å². The van der Waals surface area contributed by atoms with E-state index >= 15 is 0 Å². The van der Waals surface area contributed by atoms with E-state index in [9.17, 15) is 4.79 Å². The first-order valence-corrected chi connectivity index (χ1v) is 12.8. The fourth-order valence-electron chi connectivity index (χ4n) is 5.24. The zero-order valence-corrected chi connectivity index (χ0v) is 20.8. The summed E-state index contributed by atoms with van der Waals surface area (Å²) in [7, 11) is 0. The Labute approximate surface area is 207 Å². The van der Waals surface area contributed by atoms with Crippen molar-refractivity contribution in [3.05, 3.63) is 76.5 Å². The fraction of sp³-hybridized carbons (Fsp3) is 0.367. The molecule has 1 aliphatic rings. The first-order valence-electron chi connectivity index (χ1n) is 12.8. The summed E-state index contributed by atoms with van der Waals surface area (Å²) in [5.41, 5.74) is 13.5. The van der Waals surface area contributed by atoms with Gasteiger partial charge in [-0.1, -0.05) is 24.3 Å². The van der Waals surface area contributed by atoms with Crippen molar-refractivity contribution in [2.45, 2.75) is 52.4 Å². The number of nitrogens with zero attached hydrogens (tertiary/aromatic N) is 3. The average Bonchev–Trinajstić information content (AvgIpc) is 3.36. The van der Waals surface area contributed by atoms with Crippen molar-refractivity contribution in [3.63, 3.8) is 0 Å². The Hall–Kier alpha value is -3.31. The van der Waals surface area contributed by atoms with Gasteiger partial charge in [0.15, 0.2) is 11.6 Å². The lowest BCUT2D eigenvalue weighted by Gasteiger charge is -2.14. The summed E-state index contributed by atoms with van der Waals surface area (Å²) in [5, 5.41) is 2.13.